The molecule has 3 aromatic rings. The fourth-order valence-corrected chi connectivity index (χ4v) is 5.17. The summed E-state index contributed by atoms with van der Waals surface area (Å²) in [4.78, 5) is 27.1. The summed E-state index contributed by atoms with van der Waals surface area (Å²) < 4.78 is 20.1. The molecular formula is C22H24FN5O3S2. The Hall–Kier alpha value is -2.76. The molecule has 11 heteroatoms. The number of thiophene rings is 1. The molecule has 1 N–H and O–H groups in total. The van der Waals surface area contributed by atoms with Crippen molar-refractivity contribution in [1.82, 2.24) is 19.7 Å². The van der Waals surface area contributed by atoms with Crippen LogP contribution in [0.4, 0.5) is 10.1 Å². The molecule has 3 heterocycles. The van der Waals surface area contributed by atoms with E-state index in [9.17, 15) is 14.0 Å². The number of aromatic nitrogens is 3. The number of amides is 1. The monoisotopic (exact) mass is 489 g/mol. The molecule has 174 valence electrons. The number of esters is 1. The largest absolute Gasteiger partial charge is 0.465 e. The van der Waals surface area contributed by atoms with Crippen LogP contribution >= 0.6 is 23.1 Å². The van der Waals surface area contributed by atoms with Gasteiger partial charge in [-0.3, -0.25) is 14.3 Å². The van der Waals surface area contributed by atoms with Gasteiger partial charge in [-0.15, -0.1) is 21.5 Å². The molecular weight excluding hydrogens is 465 g/mol. The number of halogens is 1. The zero-order valence-electron chi connectivity index (χ0n) is 18.1. The summed E-state index contributed by atoms with van der Waals surface area (Å²) >= 11 is 2.43. The lowest BCUT2D eigenvalue weighted by molar-refractivity contribution is -0.113. The van der Waals surface area contributed by atoms with E-state index in [4.69, 9.17) is 4.74 Å². The summed E-state index contributed by atoms with van der Waals surface area (Å²) in [5.41, 5.74) is 1.16. The maximum absolute atomic E-state index is 13.5. The molecule has 0 atom stereocenters. The van der Waals surface area contributed by atoms with Gasteiger partial charge in [0.1, 0.15) is 10.7 Å². The highest BCUT2D eigenvalue weighted by Crippen LogP contribution is 2.26. The lowest BCUT2D eigenvalue weighted by atomic mass is 10.1. The van der Waals surface area contributed by atoms with Crippen LogP contribution < -0.4 is 5.32 Å². The molecule has 1 aromatic carbocycles. The predicted octanol–water partition coefficient (Wildman–Crippen LogP) is 3.97. The van der Waals surface area contributed by atoms with Gasteiger partial charge in [0.25, 0.3) is 0 Å². The van der Waals surface area contributed by atoms with Crippen molar-refractivity contribution in [3.05, 3.63) is 52.2 Å². The summed E-state index contributed by atoms with van der Waals surface area (Å²) in [5.74, 6) is -0.284. The van der Waals surface area contributed by atoms with Crippen molar-refractivity contribution in [2.75, 3.05) is 31.3 Å². The number of rotatable bonds is 8. The van der Waals surface area contributed by atoms with Crippen LogP contribution in [0.25, 0.3) is 5.69 Å². The third-order valence-corrected chi connectivity index (χ3v) is 7.06. The van der Waals surface area contributed by atoms with E-state index >= 15 is 0 Å². The number of likely N-dealkylation sites (tertiary alicyclic amines) is 1. The van der Waals surface area contributed by atoms with Crippen molar-refractivity contribution in [1.29, 1.82) is 0 Å². The van der Waals surface area contributed by atoms with Crippen LogP contribution in [0.3, 0.4) is 0 Å². The molecule has 0 unspecified atom stereocenters. The molecule has 1 aliphatic rings. The Balaban J connectivity index is 1.49. The standard InChI is InChI=1S/C22H24FN5O3S2/c1-31-21(30)20-17(9-12-32-20)24-19(29)14-33-22-26-25-18(13-27-10-3-2-4-11-27)28(22)16-7-5-15(23)6-8-16/h5-9,12H,2-4,10-11,13-14H2,1H3,(H,24,29). The predicted molar refractivity (Wildman–Crippen MR) is 125 cm³/mol. The molecule has 0 bridgehead atoms. The topological polar surface area (TPSA) is 89.3 Å². The first-order valence-corrected chi connectivity index (χ1v) is 12.4. The van der Waals surface area contributed by atoms with Crippen molar-refractivity contribution in [3.8, 4) is 5.69 Å². The molecule has 1 saturated heterocycles. The van der Waals surface area contributed by atoms with Crippen LogP contribution in [0.1, 0.15) is 34.8 Å². The Kier molecular flexibility index (Phi) is 7.73. The van der Waals surface area contributed by atoms with Gasteiger partial charge in [-0.05, 0) is 61.6 Å². The number of carbonyl (C=O) groups is 2. The summed E-state index contributed by atoms with van der Waals surface area (Å²) in [6.45, 7) is 2.64. The maximum atomic E-state index is 13.5. The third-order valence-electron chi connectivity index (χ3n) is 5.24. The minimum absolute atomic E-state index is 0.0689. The van der Waals surface area contributed by atoms with Crippen LogP contribution in [-0.2, 0) is 16.1 Å². The summed E-state index contributed by atoms with van der Waals surface area (Å²) in [6.07, 6.45) is 3.55. The number of anilines is 1. The zero-order valence-corrected chi connectivity index (χ0v) is 19.8. The van der Waals surface area contributed by atoms with Crippen molar-refractivity contribution >= 4 is 40.7 Å². The maximum Gasteiger partial charge on any atom is 0.350 e. The van der Waals surface area contributed by atoms with Crippen LogP contribution in [0.2, 0.25) is 0 Å². The first-order chi connectivity index (χ1) is 16.0. The van der Waals surface area contributed by atoms with Gasteiger partial charge in [0, 0.05) is 5.69 Å². The molecule has 1 amide bonds. The van der Waals surface area contributed by atoms with E-state index in [0.717, 1.165) is 37.4 Å². The highest BCUT2D eigenvalue weighted by Gasteiger charge is 2.20. The van der Waals surface area contributed by atoms with E-state index in [1.165, 1.54) is 48.8 Å². The Morgan fingerprint density at radius 2 is 1.91 bits per heavy atom. The van der Waals surface area contributed by atoms with Gasteiger partial charge < -0.3 is 10.1 Å². The van der Waals surface area contributed by atoms with Crippen LogP contribution in [-0.4, -0.2) is 57.5 Å². The first kappa shape index (κ1) is 23.4. The van der Waals surface area contributed by atoms with Gasteiger partial charge in [0.05, 0.1) is 25.1 Å². The van der Waals surface area contributed by atoms with Crippen molar-refractivity contribution in [3.63, 3.8) is 0 Å². The molecule has 2 aromatic heterocycles. The number of nitrogens with zero attached hydrogens (tertiary/aromatic N) is 4. The quantitative estimate of drug-likeness (QED) is 0.378. The minimum atomic E-state index is -0.494. The van der Waals surface area contributed by atoms with Gasteiger partial charge in [-0.25, -0.2) is 9.18 Å². The number of benzene rings is 1. The van der Waals surface area contributed by atoms with Gasteiger partial charge >= 0.3 is 5.97 Å². The number of ether oxygens (including phenoxy) is 1. The number of carbonyl (C=O) groups excluding carboxylic acids is 2. The summed E-state index contributed by atoms with van der Waals surface area (Å²) in [5, 5.41) is 13.7. The molecule has 0 spiro atoms. The van der Waals surface area contributed by atoms with Crippen molar-refractivity contribution in [2.24, 2.45) is 0 Å². The highest BCUT2D eigenvalue weighted by molar-refractivity contribution is 7.99. The molecule has 8 nitrogen and oxygen atoms in total. The molecule has 1 fully saturated rings. The number of piperidine rings is 1. The van der Waals surface area contributed by atoms with Gasteiger partial charge in [-0.1, -0.05) is 18.2 Å². The highest BCUT2D eigenvalue weighted by atomic mass is 32.2. The second-order valence-corrected chi connectivity index (χ2v) is 9.40. The molecule has 4 rings (SSSR count). The van der Waals surface area contributed by atoms with Gasteiger partial charge in [-0.2, -0.15) is 0 Å². The number of methoxy groups -OCH3 is 1. The average Bonchev–Trinajstić information content (AvgIpc) is 3.45. The smallest absolute Gasteiger partial charge is 0.350 e. The number of hydrogen-bond donors (Lipinski definition) is 1. The molecule has 0 saturated carbocycles. The Bertz CT molecular complexity index is 1110. The van der Waals surface area contributed by atoms with Crippen LogP contribution in [0.5, 0.6) is 0 Å². The van der Waals surface area contributed by atoms with E-state index in [1.54, 1.807) is 23.6 Å². The Labute approximate surface area is 199 Å². The Morgan fingerprint density at radius 3 is 2.64 bits per heavy atom. The average molecular weight is 490 g/mol. The minimum Gasteiger partial charge on any atom is -0.465 e. The fourth-order valence-electron chi connectivity index (χ4n) is 3.64. The summed E-state index contributed by atoms with van der Waals surface area (Å²) in [6, 6.07) is 7.81. The third kappa shape index (κ3) is 5.79. The van der Waals surface area contributed by atoms with Crippen LogP contribution in [0.15, 0.2) is 40.9 Å². The number of nitrogens with one attached hydrogen (secondary N) is 1. The second-order valence-electron chi connectivity index (χ2n) is 7.54. The van der Waals surface area contributed by atoms with Gasteiger partial charge in [0.15, 0.2) is 11.0 Å². The Morgan fingerprint density at radius 1 is 1.15 bits per heavy atom. The normalized spacial score (nSPS) is 14.2. The summed E-state index contributed by atoms with van der Waals surface area (Å²) in [7, 11) is 1.30. The van der Waals surface area contributed by atoms with E-state index in [2.05, 4.69) is 20.4 Å². The van der Waals surface area contributed by atoms with E-state index in [-0.39, 0.29) is 17.5 Å². The molecule has 1 aliphatic heterocycles. The number of hydrogen-bond acceptors (Lipinski definition) is 8. The van der Waals surface area contributed by atoms with E-state index in [1.807, 2.05) is 4.57 Å². The fraction of sp³-hybridized carbons (Fsp3) is 0.364. The zero-order chi connectivity index (χ0) is 23.2. The van der Waals surface area contributed by atoms with E-state index in [0.29, 0.717) is 22.3 Å². The number of thioether (sulfide) groups is 1. The molecule has 0 radical (unpaired) electrons. The van der Waals surface area contributed by atoms with Gasteiger partial charge in [0.2, 0.25) is 5.91 Å². The molecule has 33 heavy (non-hydrogen) atoms. The SMILES string of the molecule is COC(=O)c1sccc1NC(=O)CSc1nnc(CN2CCCCC2)n1-c1ccc(F)cc1. The first-order valence-electron chi connectivity index (χ1n) is 10.6. The lowest BCUT2D eigenvalue weighted by Crippen LogP contribution is -2.30. The molecule has 0 aliphatic carbocycles. The van der Waals surface area contributed by atoms with E-state index < -0.39 is 5.97 Å². The van der Waals surface area contributed by atoms with Crippen molar-refractivity contribution in [2.45, 2.75) is 31.0 Å². The lowest BCUT2D eigenvalue weighted by Gasteiger charge is -2.26. The second kappa shape index (κ2) is 10.9. The van der Waals surface area contributed by atoms with Crippen LogP contribution in [0, 0.1) is 5.82 Å². The van der Waals surface area contributed by atoms with Crippen molar-refractivity contribution < 1.29 is 18.7 Å².